The summed E-state index contributed by atoms with van der Waals surface area (Å²) in [6.45, 7) is 1.80. The van der Waals surface area contributed by atoms with Crippen LogP contribution in [0.2, 0.25) is 5.21 Å². The first kappa shape index (κ1) is 26.2. The molecule has 2 aromatic carbocycles. The van der Waals surface area contributed by atoms with Crippen LogP contribution in [0.4, 0.5) is 0 Å². The van der Waals surface area contributed by atoms with Gasteiger partial charge in [0.25, 0.3) is 0 Å². The molecule has 1 unspecified atom stereocenters. The van der Waals surface area contributed by atoms with Crippen molar-refractivity contribution in [1.29, 1.82) is 5.41 Å². The van der Waals surface area contributed by atoms with Gasteiger partial charge in [-0.05, 0) is 0 Å². The van der Waals surface area contributed by atoms with Crippen LogP contribution in [0, 0.1) is 5.41 Å². The zero-order chi connectivity index (χ0) is 25.2. The van der Waals surface area contributed by atoms with Crippen molar-refractivity contribution in [2.75, 3.05) is 0 Å². The van der Waals surface area contributed by atoms with E-state index in [0.29, 0.717) is 6.42 Å². The van der Waals surface area contributed by atoms with E-state index in [-0.39, 0.29) is 12.0 Å². The number of nitrogens with zero attached hydrogens (tertiary/aromatic N) is 1. The summed E-state index contributed by atoms with van der Waals surface area (Å²) in [4.78, 5) is 38.2. The van der Waals surface area contributed by atoms with Crippen LogP contribution < -0.4 is 10.9 Å². The summed E-state index contributed by atoms with van der Waals surface area (Å²) < 4.78 is 2.23. The molecule has 0 spiro atoms. The Morgan fingerprint density at radius 2 is 1.57 bits per heavy atom. The predicted octanol–water partition coefficient (Wildman–Crippen LogP) is 3.69. The minimum atomic E-state index is -1.12. The van der Waals surface area contributed by atoms with Gasteiger partial charge in [-0.3, -0.25) is 0 Å². The Labute approximate surface area is 211 Å². The van der Waals surface area contributed by atoms with E-state index in [2.05, 4.69) is 5.32 Å². The molecule has 1 heterocycles. The second-order valence-electron chi connectivity index (χ2n) is 8.27. The van der Waals surface area contributed by atoms with Gasteiger partial charge < -0.3 is 0 Å². The molecule has 3 aromatic rings. The number of carboxylic acids is 1. The van der Waals surface area contributed by atoms with Crippen LogP contribution in [0.15, 0.2) is 83.8 Å². The fourth-order valence-corrected chi connectivity index (χ4v) is 5.60. The zero-order valence-corrected chi connectivity index (χ0v) is 21.7. The molecule has 3 N–H and O–H groups in total. The number of carboxylic acid groups (broad SMARTS) is 1. The van der Waals surface area contributed by atoms with Crippen LogP contribution >= 0.6 is 0 Å². The Morgan fingerprint density at radius 1 is 0.971 bits per heavy atom. The molecule has 0 aliphatic carbocycles. The van der Waals surface area contributed by atoms with E-state index in [1.165, 1.54) is 10.6 Å². The van der Waals surface area contributed by atoms with Crippen molar-refractivity contribution in [2.45, 2.75) is 43.5 Å². The van der Waals surface area contributed by atoms with Gasteiger partial charge >= 0.3 is 151 Å². The van der Waals surface area contributed by atoms with Gasteiger partial charge in [0.05, 0.1) is 0 Å². The number of pyridine rings is 1. The maximum atomic E-state index is 13.5. The normalized spacial score (nSPS) is 12.1. The molecule has 0 fully saturated rings. The van der Waals surface area contributed by atoms with E-state index >= 15 is 0 Å². The number of carbonyl (C=O) groups is 2. The number of hydrogen-bond donors (Lipinski definition) is 3. The van der Waals surface area contributed by atoms with Gasteiger partial charge in [-0.2, -0.15) is 0 Å². The Kier molecular flexibility index (Phi) is 9.62. The van der Waals surface area contributed by atoms with Crippen LogP contribution in [0.1, 0.15) is 53.7 Å². The van der Waals surface area contributed by atoms with E-state index in [0.717, 1.165) is 27.3 Å². The first-order valence-electron chi connectivity index (χ1n) is 11.5. The Balaban J connectivity index is 1.84. The van der Waals surface area contributed by atoms with E-state index in [9.17, 15) is 19.5 Å². The molecule has 8 heteroatoms. The molecule has 182 valence electrons. The van der Waals surface area contributed by atoms with E-state index < -0.39 is 45.3 Å². The van der Waals surface area contributed by atoms with Crippen LogP contribution in [0.25, 0.3) is 0 Å². The molecule has 0 radical (unpaired) electrons. The number of nitrogens with one attached hydrogen (secondary N) is 2. The van der Waals surface area contributed by atoms with E-state index in [4.69, 9.17) is 5.41 Å². The number of aliphatic carboxylic acids is 1. The number of aromatic nitrogens is 1. The van der Waals surface area contributed by atoms with Crippen molar-refractivity contribution < 1.29 is 14.7 Å². The molecule has 3 rings (SSSR count). The standard InChI is InChI=1S/C27H30AsN3O4/c1-19(29)28-17-9-8-16-23(27(34)35)30-25(32)22-15-10-18-31(26(22)33)24(20-11-4-2-5-12-20)21-13-6-3-7-14-21/h2-7,10-15,18,23-24,28-29H,8-9,16-17H2,1H3,(H,30,32)(H,34,35)/t23-/m0/s1. The Bertz CT molecular complexity index is 1170. The van der Waals surface area contributed by atoms with Gasteiger partial charge in [-0.15, -0.1) is 0 Å². The first-order valence-corrected chi connectivity index (χ1v) is 14.1. The quantitative estimate of drug-likeness (QED) is 0.187. The molecule has 0 saturated carbocycles. The number of carbonyl (C=O) groups excluding carboxylic acids is 1. The molecule has 35 heavy (non-hydrogen) atoms. The third kappa shape index (κ3) is 7.27. The van der Waals surface area contributed by atoms with Crippen LogP contribution in [-0.4, -0.2) is 47.8 Å². The number of hydrogen-bond acceptors (Lipinski definition) is 4. The Morgan fingerprint density at radius 3 is 2.11 bits per heavy atom. The van der Waals surface area contributed by atoms with Crippen molar-refractivity contribution in [3.8, 4) is 0 Å². The van der Waals surface area contributed by atoms with Crippen molar-refractivity contribution >= 4 is 32.1 Å². The third-order valence-corrected chi connectivity index (χ3v) is 8.02. The van der Waals surface area contributed by atoms with Gasteiger partial charge in [0, 0.05) is 0 Å². The van der Waals surface area contributed by atoms with Gasteiger partial charge in [0.1, 0.15) is 0 Å². The van der Waals surface area contributed by atoms with Crippen molar-refractivity contribution in [1.82, 2.24) is 9.88 Å². The van der Waals surface area contributed by atoms with Crippen LogP contribution in [0.3, 0.4) is 0 Å². The summed E-state index contributed by atoms with van der Waals surface area (Å²) in [5, 5.41) is 20.6. The SMILES string of the molecule is CC(=N)[AsH]CCCC[C@H](NC(=O)c1cccn(C(c2ccccc2)c2ccccc2)c1=O)C(=O)O. The number of benzene rings is 2. The average molecular weight is 535 g/mol. The minimum absolute atomic E-state index is 0.0956. The van der Waals surface area contributed by atoms with Crippen molar-refractivity contribution in [3.63, 3.8) is 0 Å². The van der Waals surface area contributed by atoms with Crippen molar-refractivity contribution in [2.24, 2.45) is 0 Å². The summed E-state index contributed by atoms with van der Waals surface area (Å²) in [6.07, 6.45) is 3.39. The molecule has 2 atom stereocenters. The van der Waals surface area contributed by atoms with Gasteiger partial charge in [0.2, 0.25) is 0 Å². The molecule has 7 nitrogen and oxygen atoms in total. The van der Waals surface area contributed by atoms with Crippen molar-refractivity contribution in [3.05, 3.63) is 106 Å². The second-order valence-corrected chi connectivity index (χ2v) is 11.6. The molecule has 0 aliphatic heterocycles. The summed E-state index contributed by atoms with van der Waals surface area (Å²) in [7, 11) is 0. The van der Waals surface area contributed by atoms with Crippen LogP contribution in [0.5, 0.6) is 0 Å². The average Bonchev–Trinajstić information content (AvgIpc) is 2.85. The monoisotopic (exact) mass is 535 g/mol. The van der Waals surface area contributed by atoms with Gasteiger partial charge in [-0.25, -0.2) is 0 Å². The molecular formula is C27H30AsN3O4. The number of rotatable bonds is 12. The maximum absolute atomic E-state index is 13.5. The third-order valence-electron chi connectivity index (χ3n) is 5.64. The Hall–Kier alpha value is -3.44. The molecule has 0 aliphatic rings. The summed E-state index contributed by atoms with van der Waals surface area (Å²) in [6, 6.07) is 20.7. The summed E-state index contributed by atoms with van der Waals surface area (Å²) in [5.74, 6) is -1.82. The van der Waals surface area contributed by atoms with Crippen LogP contribution in [-0.2, 0) is 4.79 Å². The molecule has 0 saturated heterocycles. The number of amides is 1. The first-order chi connectivity index (χ1) is 16.9. The van der Waals surface area contributed by atoms with Gasteiger partial charge in [0.15, 0.2) is 0 Å². The number of unbranched alkanes of at least 4 members (excludes halogenated alkanes) is 1. The fraction of sp³-hybridized carbons (Fsp3) is 0.259. The van der Waals surface area contributed by atoms with E-state index in [1.807, 2.05) is 60.7 Å². The molecule has 1 amide bonds. The predicted molar refractivity (Wildman–Crippen MR) is 139 cm³/mol. The molecule has 1 aromatic heterocycles. The second kappa shape index (κ2) is 12.9. The fourth-order valence-electron chi connectivity index (χ4n) is 3.91. The topological polar surface area (TPSA) is 112 Å². The van der Waals surface area contributed by atoms with Gasteiger partial charge in [-0.1, -0.05) is 60.7 Å². The molecule has 0 bridgehead atoms. The summed E-state index contributed by atoms with van der Waals surface area (Å²) >= 11 is -0.418. The molecular weight excluding hydrogens is 505 g/mol. The zero-order valence-electron chi connectivity index (χ0n) is 19.6. The van der Waals surface area contributed by atoms with E-state index in [1.54, 1.807) is 19.2 Å². The summed E-state index contributed by atoms with van der Waals surface area (Å²) in [5.41, 5.74) is 1.20.